The molecule has 1 fully saturated rings. The van der Waals surface area contributed by atoms with Crippen molar-refractivity contribution in [3.63, 3.8) is 0 Å². The Balaban J connectivity index is 2.15. The molecule has 118 valence electrons. The minimum Gasteiger partial charge on any atom is -0.369 e. The van der Waals surface area contributed by atoms with Crippen LogP contribution in [-0.2, 0) is 6.54 Å². The lowest BCUT2D eigenvalue weighted by Gasteiger charge is -2.24. The largest absolute Gasteiger partial charge is 0.369 e. The Morgan fingerprint density at radius 1 is 1.33 bits per heavy atom. The number of nitrogens with zero attached hydrogens (tertiary/aromatic N) is 2. The number of rotatable bonds is 6. The minimum absolute atomic E-state index is 0.150. The SMILES string of the molecule is CCCNCc1cc(F)ccc1N1CC(C)C(N(C)C)C1. The van der Waals surface area contributed by atoms with Crippen LogP contribution in [0.15, 0.2) is 18.2 Å². The van der Waals surface area contributed by atoms with Gasteiger partial charge < -0.3 is 15.1 Å². The van der Waals surface area contributed by atoms with E-state index in [9.17, 15) is 4.39 Å². The van der Waals surface area contributed by atoms with Crippen molar-refractivity contribution in [1.82, 2.24) is 10.2 Å². The van der Waals surface area contributed by atoms with Crippen LogP contribution in [0.2, 0.25) is 0 Å². The van der Waals surface area contributed by atoms with Gasteiger partial charge in [0.1, 0.15) is 5.82 Å². The van der Waals surface area contributed by atoms with Crippen molar-refractivity contribution >= 4 is 5.69 Å². The predicted octanol–water partition coefficient (Wildman–Crippen LogP) is 2.71. The van der Waals surface area contributed by atoms with E-state index in [0.29, 0.717) is 12.0 Å². The molecule has 1 aromatic carbocycles. The Kier molecular flexibility index (Phi) is 5.59. The molecule has 0 aromatic heterocycles. The maximum atomic E-state index is 13.6. The first kappa shape index (κ1) is 16.2. The highest BCUT2D eigenvalue weighted by atomic mass is 19.1. The van der Waals surface area contributed by atoms with Gasteiger partial charge in [-0.25, -0.2) is 4.39 Å². The van der Waals surface area contributed by atoms with Crippen LogP contribution in [0.5, 0.6) is 0 Å². The summed E-state index contributed by atoms with van der Waals surface area (Å²) in [5, 5.41) is 3.38. The van der Waals surface area contributed by atoms with E-state index < -0.39 is 0 Å². The fourth-order valence-electron chi connectivity index (χ4n) is 3.22. The lowest BCUT2D eigenvalue weighted by molar-refractivity contribution is 0.266. The third-order valence-electron chi connectivity index (χ3n) is 4.36. The molecule has 0 bridgehead atoms. The van der Waals surface area contributed by atoms with Gasteiger partial charge in [-0.15, -0.1) is 0 Å². The molecule has 4 heteroatoms. The summed E-state index contributed by atoms with van der Waals surface area (Å²) in [5.74, 6) is 0.477. The molecule has 1 heterocycles. The lowest BCUT2D eigenvalue weighted by Crippen LogP contribution is -2.34. The van der Waals surface area contributed by atoms with E-state index in [0.717, 1.165) is 38.2 Å². The Morgan fingerprint density at radius 2 is 2.10 bits per heavy atom. The highest BCUT2D eigenvalue weighted by Gasteiger charge is 2.31. The number of nitrogens with one attached hydrogen (secondary N) is 1. The Hall–Kier alpha value is -1.13. The van der Waals surface area contributed by atoms with Crippen molar-refractivity contribution in [3.8, 4) is 0 Å². The van der Waals surface area contributed by atoms with Gasteiger partial charge in [0, 0.05) is 31.4 Å². The summed E-state index contributed by atoms with van der Waals surface area (Å²) in [6, 6.07) is 5.74. The first-order valence-corrected chi connectivity index (χ1v) is 7.93. The van der Waals surface area contributed by atoms with E-state index in [1.54, 1.807) is 12.1 Å². The molecule has 3 nitrogen and oxygen atoms in total. The molecule has 1 aliphatic heterocycles. The first-order valence-electron chi connectivity index (χ1n) is 7.93. The van der Waals surface area contributed by atoms with Crippen molar-refractivity contribution in [2.75, 3.05) is 38.6 Å². The van der Waals surface area contributed by atoms with E-state index in [1.165, 1.54) is 5.69 Å². The second-order valence-electron chi connectivity index (χ2n) is 6.36. The molecule has 1 aromatic rings. The van der Waals surface area contributed by atoms with Crippen LogP contribution in [0.25, 0.3) is 0 Å². The molecule has 2 rings (SSSR count). The summed E-state index contributed by atoms with van der Waals surface area (Å²) in [6.07, 6.45) is 1.09. The van der Waals surface area contributed by atoms with Gasteiger partial charge in [-0.3, -0.25) is 0 Å². The molecular weight excluding hydrogens is 265 g/mol. The molecule has 0 radical (unpaired) electrons. The monoisotopic (exact) mass is 293 g/mol. The van der Waals surface area contributed by atoms with Gasteiger partial charge in [0.15, 0.2) is 0 Å². The van der Waals surface area contributed by atoms with E-state index in [2.05, 4.69) is 43.1 Å². The van der Waals surface area contributed by atoms with E-state index in [4.69, 9.17) is 0 Å². The van der Waals surface area contributed by atoms with Crippen molar-refractivity contribution in [2.45, 2.75) is 32.9 Å². The summed E-state index contributed by atoms with van der Waals surface area (Å²) in [5.41, 5.74) is 2.24. The van der Waals surface area contributed by atoms with Gasteiger partial charge in [0.05, 0.1) is 0 Å². The Labute approximate surface area is 128 Å². The zero-order chi connectivity index (χ0) is 15.4. The number of hydrogen-bond donors (Lipinski definition) is 1. The highest BCUT2D eigenvalue weighted by Crippen LogP contribution is 2.29. The van der Waals surface area contributed by atoms with E-state index in [1.807, 2.05) is 6.07 Å². The summed E-state index contributed by atoms with van der Waals surface area (Å²) >= 11 is 0. The van der Waals surface area contributed by atoms with Gasteiger partial charge in [-0.2, -0.15) is 0 Å². The fraction of sp³-hybridized carbons (Fsp3) is 0.647. The van der Waals surface area contributed by atoms with Gasteiger partial charge in [0.25, 0.3) is 0 Å². The maximum absolute atomic E-state index is 13.6. The first-order chi connectivity index (χ1) is 10.0. The van der Waals surface area contributed by atoms with Crippen molar-refractivity contribution in [3.05, 3.63) is 29.6 Å². The number of halogens is 1. The zero-order valence-electron chi connectivity index (χ0n) is 13.7. The summed E-state index contributed by atoms with van der Waals surface area (Å²) in [4.78, 5) is 4.70. The third-order valence-corrected chi connectivity index (χ3v) is 4.36. The molecule has 1 N–H and O–H groups in total. The van der Waals surface area contributed by atoms with Gasteiger partial charge >= 0.3 is 0 Å². The fourth-order valence-corrected chi connectivity index (χ4v) is 3.22. The molecule has 0 spiro atoms. The highest BCUT2D eigenvalue weighted by molar-refractivity contribution is 5.55. The average Bonchev–Trinajstić information content (AvgIpc) is 2.81. The zero-order valence-corrected chi connectivity index (χ0v) is 13.7. The smallest absolute Gasteiger partial charge is 0.123 e. The van der Waals surface area contributed by atoms with Crippen molar-refractivity contribution < 1.29 is 4.39 Å². The molecule has 0 amide bonds. The van der Waals surface area contributed by atoms with Crippen molar-refractivity contribution in [1.29, 1.82) is 0 Å². The Morgan fingerprint density at radius 3 is 2.71 bits per heavy atom. The predicted molar refractivity (Wildman–Crippen MR) is 87.2 cm³/mol. The lowest BCUT2D eigenvalue weighted by atomic mass is 10.1. The van der Waals surface area contributed by atoms with E-state index in [-0.39, 0.29) is 5.82 Å². The molecule has 21 heavy (non-hydrogen) atoms. The van der Waals surface area contributed by atoms with Crippen LogP contribution in [0.3, 0.4) is 0 Å². The maximum Gasteiger partial charge on any atom is 0.123 e. The van der Waals surface area contributed by atoms with Crippen LogP contribution in [0.4, 0.5) is 10.1 Å². The van der Waals surface area contributed by atoms with Crippen LogP contribution in [0, 0.1) is 11.7 Å². The quantitative estimate of drug-likeness (QED) is 0.814. The number of benzene rings is 1. The summed E-state index contributed by atoms with van der Waals surface area (Å²) in [7, 11) is 4.28. The van der Waals surface area contributed by atoms with Gasteiger partial charge in [-0.05, 0) is 56.7 Å². The third kappa shape index (κ3) is 3.95. The second-order valence-corrected chi connectivity index (χ2v) is 6.36. The molecule has 1 aliphatic rings. The van der Waals surface area contributed by atoms with Crippen LogP contribution in [-0.4, -0.2) is 44.7 Å². The topological polar surface area (TPSA) is 18.5 Å². The molecule has 2 atom stereocenters. The van der Waals surface area contributed by atoms with Crippen molar-refractivity contribution in [2.24, 2.45) is 5.92 Å². The van der Waals surface area contributed by atoms with Crippen LogP contribution in [0.1, 0.15) is 25.8 Å². The number of anilines is 1. The summed E-state index contributed by atoms with van der Waals surface area (Å²) < 4.78 is 13.6. The Bertz CT molecular complexity index is 461. The number of likely N-dealkylation sites (N-methyl/N-ethyl adjacent to an activating group) is 1. The second kappa shape index (κ2) is 7.23. The molecule has 0 saturated carbocycles. The average molecular weight is 293 g/mol. The standard InChI is InChI=1S/C17H28FN3/c1-5-8-19-10-14-9-15(18)6-7-16(14)21-11-13(2)17(12-21)20(3)4/h6-7,9,13,17,19H,5,8,10-12H2,1-4H3. The van der Waals surface area contributed by atoms with Gasteiger partial charge in [0.2, 0.25) is 0 Å². The van der Waals surface area contributed by atoms with E-state index >= 15 is 0 Å². The van der Waals surface area contributed by atoms with Crippen LogP contribution < -0.4 is 10.2 Å². The van der Waals surface area contributed by atoms with Crippen LogP contribution >= 0.6 is 0 Å². The summed E-state index contributed by atoms with van der Waals surface area (Å²) in [6.45, 7) is 8.19. The molecule has 2 unspecified atom stereocenters. The number of hydrogen-bond acceptors (Lipinski definition) is 3. The minimum atomic E-state index is -0.150. The molecule has 0 aliphatic carbocycles. The molecule has 1 saturated heterocycles. The molecular formula is C17H28FN3. The van der Waals surface area contributed by atoms with Gasteiger partial charge in [-0.1, -0.05) is 13.8 Å². The normalized spacial score (nSPS) is 22.3.